The van der Waals surface area contributed by atoms with Gasteiger partial charge in [0.2, 0.25) is 21.8 Å². The molecule has 2 aliphatic heterocycles. The Kier molecular flexibility index (Phi) is 9.17. The molecule has 0 aromatic heterocycles. The van der Waals surface area contributed by atoms with Gasteiger partial charge < -0.3 is 19.8 Å². The minimum atomic E-state index is -3.53. The molecule has 42 heavy (non-hydrogen) atoms. The second-order valence-electron chi connectivity index (χ2n) is 11.9. The average Bonchev–Trinajstić information content (AvgIpc) is 3.80. The molecule has 2 aromatic carbocycles. The summed E-state index contributed by atoms with van der Waals surface area (Å²) in [6.07, 6.45) is 5.43. The van der Waals surface area contributed by atoms with Gasteiger partial charge in [-0.1, -0.05) is 48.5 Å². The summed E-state index contributed by atoms with van der Waals surface area (Å²) < 4.78 is 26.3. The topological polar surface area (TPSA) is 110 Å². The van der Waals surface area contributed by atoms with Crippen molar-refractivity contribution < 1.29 is 23.1 Å². The maximum atomic E-state index is 13.4. The van der Waals surface area contributed by atoms with Gasteiger partial charge in [0.25, 0.3) is 0 Å². The number of carbonyl (C=O) groups excluding carboxylic acids is 2. The van der Waals surface area contributed by atoms with Crippen LogP contribution < -0.4 is 4.72 Å². The average molecular weight is 595 g/mol. The number of nitrogens with one attached hydrogen (secondary N) is 1. The number of β-amino-alcohol motifs (C(OH)–C–C–N with tert-alkyl or cyclic N) is 1. The van der Waals surface area contributed by atoms with Crippen molar-refractivity contribution in [1.29, 1.82) is 0 Å². The van der Waals surface area contributed by atoms with Gasteiger partial charge in [0.15, 0.2) is 0 Å². The Balaban J connectivity index is 1.21. The number of sulfonamides is 1. The van der Waals surface area contributed by atoms with E-state index < -0.39 is 15.6 Å². The highest BCUT2D eigenvalue weighted by molar-refractivity contribution is 7.89. The van der Waals surface area contributed by atoms with Crippen molar-refractivity contribution in [3.63, 3.8) is 0 Å². The van der Waals surface area contributed by atoms with Crippen molar-refractivity contribution in [3.05, 3.63) is 78.4 Å². The maximum Gasteiger partial charge on any atom is 0.240 e. The summed E-state index contributed by atoms with van der Waals surface area (Å²) >= 11 is 0. The normalized spacial score (nSPS) is 23.6. The fourth-order valence-electron chi connectivity index (χ4n) is 6.42. The molecule has 2 amide bonds. The summed E-state index contributed by atoms with van der Waals surface area (Å²) in [7, 11) is -2.16. The summed E-state index contributed by atoms with van der Waals surface area (Å²) in [6.45, 7) is 7.46. The Morgan fingerprint density at radius 2 is 1.74 bits per heavy atom. The first-order chi connectivity index (χ1) is 20.1. The van der Waals surface area contributed by atoms with E-state index in [0.29, 0.717) is 26.2 Å². The molecule has 3 aliphatic rings. The molecule has 9 nitrogen and oxygen atoms in total. The predicted molar refractivity (Wildman–Crippen MR) is 161 cm³/mol. The third kappa shape index (κ3) is 6.62. The van der Waals surface area contributed by atoms with Crippen LogP contribution in [0.15, 0.2) is 72.1 Å². The van der Waals surface area contributed by atoms with Crippen LogP contribution in [0.2, 0.25) is 0 Å². The molecule has 0 spiro atoms. The highest BCUT2D eigenvalue weighted by atomic mass is 32.2. The van der Waals surface area contributed by atoms with Crippen LogP contribution in [0.5, 0.6) is 0 Å². The van der Waals surface area contributed by atoms with Crippen LogP contribution in [0, 0.1) is 11.8 Å². The predicted octanol–water partition coefficient (Wildman–Crippen LogP) is 2.37. The van der Waals surface area contributed by atoms with Gasteiger partial charge in [-0.3, -0.25) is 9.59 Å². The van der Waals surface area contributed by atoms with E-state index in [4.69, 9.17) is 0 Å². The van der Waals surface area contributed by atoms with Gasteiger partial charge in [0.1, 0.15) is 5.60 Å². The van der Waals surface area contributed by atoms with Gasteiger partial charge in [-0.05, 0) is 56.0 Å². The summed E-state index contributed by atoms with van der Waals surface area (Å²) in [6, 6.07) is 16.2. The number of rotatable bonds is 11. The lowest BCUT2D eigenvalue weighted by atomic mass is 9.83. The maximum absolute atomic E-state index is 13.4. The van der Waals surface area contributed by atoms with Crippen molar-refractivity contribution in [2.45, 2.75) is 48.6 Å². The Labute approximate surface area is 249 Å². The van der Waals surface area contributed by atoms with E-state index in [-0.39, 0.29) is 41.0 Å². The Morgan fingerprint density at radius 1 is 1.07 bits per heavy atom. The van der Waals surface area contributed by atoms with Crippen LogP contribution in [-0.4, -0.2) is 92.4 Å². The molecule has 2 aromatic rings. The van der Waals surface area contributed by atoms with Crippen molar-refractivity contribution in [2.75, 3.05) is 46.3 Å². The Bertz CT molecular complexity index is 1370. The standard InChI is InChI=1S/C32H42N4O5S/c1-3-17-36(30(37)20-24-9-13-29(14-10-24)42(40,41)33-2)28-15-18-34(19-16-28)21-27-22-35(31(38)25-11-12-25)23-32(27,39)26-7-5-4-6-8-26/h3-10,13-14,25,27-28,33,39H,1,11-12,15-23H2,2H3/t27-,32-/m0/s1. The van der Waals surface area contributed by atoms with Crippen LogP contribution in [0.1, 0.15) is 36.8 Å². The summed E-state index contributed by atoms with van der Waals surface area (Å²) in [4.78, 5) is 32.6. The van der Waals surface area contributed by atoms with Crippen molar-refractivity contribution in [1.82, 2.24) is 19.4 Å². The monoisotopic (exact) mass is 594 g/mol. The number of carbonyl (C=O) groups is 2. The molecule has 3 fully saturated rings. The number of hydrogen-bond acceptors (Lipinski definition) is 6. The number of benzene rings is 2. The van der Waals surface area contributed by atoms with E-state index in [9.17, 15) is 23.1 Å². The quantitative estimate of drug-likeness (QED) is 0.387. The Hall–Kier alpha value is -3.05. The molecule has 0 unspecified atom stereocenters. The van der Waals surface area contributed by atoms with Crippen LogP contribution >= 0.6 is 0 Å². The number of hydrogen-bond donors (Lipinski definition) is 2. The molecule has 0 radical (unpaired) electrons. The summed E-state index contributed by atoms with van der Waals surface area (Å²) in [5.74, 6) is 0.176. The molecule has 2 N–H and O–H groups in total. The van der Waals surface area contributed by atoms with Crippen LogP contribution in [0.3, 0.4) is 0 Å². The van der Waals surface area contributed by atoms with Gasteiger partial charge in [0, 0.05) is 50.6 Å². The zero-order chi connectivity index (χ0) is 29.9. The highest BCUT2D eigenvalue weighted by Crippen LogP contribution is 2.41. The van der Waals surface area contributed by atoms with Gasteiger partial charge in [-0.25, -0.2) is 13.1 Å². The first kappa shape index (κ1) is 30.4. The van der Waals surface area contributed by atoms with Crippen molar-refractivity contribution in [2.24, 2.45) is 11.8 Å². The fourth-order valence-corrected chi connectivity index (χ4v) is 7.15. The minimum absolute atomic E-state index is 0.0129. The largest absolute Gasteiger partial charge is 0.383 e. The first-order valence-electron chi connectivity index (χ1n) is 14.9. The van der Waals surface area contributed by atoms with E-state index in [1.54, 1.807) is 18.2 Å². The lowest BCUT2D eigenvalue weighted by Crippen LogP contribution is -2.50. The van der Waals surface area contributed by atoms with Gasteiger partial charge in [-0.15, -0.1) is 6.58 Å². The van der Waals surface area contributed by atoms with Gasteiger partial charge >= 0.3 is 0 Å². The summed E-state index contributed by atoms with van der Waals surface area (Å²) in [5.41, 5.74) is 0.527. The lowest BCUT2D eigenvalue weighted by molar-refractivity contribution is -0.133. The second kappa shape index (κ2) is 12.7. The molecule has 2 heterocycles. The number of amides is 2. The number of aliphatic hydroxyl groups is 1. The molecule has 5 rings (SSSR count). The lowest BCUT2D eigenvalue weighted by Gasteiger charge is -2.40. The third-order valence-corrected chi connectivity index (χ3v) is 10.5. The molecule has 2 saturated heterocycles. The van der Waals surface area contributed by atoms with Crippen LogP contribution in [0.25, 0.3) is 0 Å². The molecule has 226 valence electrons. The van der Waals surface area contributed by atoms with Crippen molar-refractivity contribution in [3.8, 4) is 0 Å². The summed E-state index contributed by atoms with van der Waals surface area (Å²) in [5, 5.41) is 12.0. The van der Waals surface area contributed by atoms with Gasteiger partial charge in [-0.2, -0.15) is 0 Å². The molecule has 10 heteroatoms. The van der Waals surface area contributed by atoms with Gasteiger partial charge in [0.05, 0.1) is 17.9 Å². The number of nitrogens with zero attached hydrogens (tertiary/aromatic N) is 3. The third-order valence-electron chi connectivity index (χ3n) is 9.04. The van der Waals surface area contributed by atoms with E-state index in [2.05, 4.69) is 16.2 Å². The molecule has 1 saturated carbocycles. The van der Waals surface area contributed by atoms with E-state index >= 15 is 0 Å². The number of piperidine rings is 1. The minimum Gasteiger partial charge on any atom is -0.383 e. The Morgan fingerprint density at radius 3 is 2.33 bits per heavy atom. The zero-order valence-corrected chi connectivity index (χ0v) is 25.1. The van der Waals surface area contributed by atoms with E-state index in [1.807, 2.05) is 40.1 Å². The number of likely N-dealkylation sites (tertiary alicyclic amines) is 2. The molecular weight excluding hydrogens is 552 g/mol. The van der Waals surface area contributed by atoms with E-state index in [1.165, 1.54) is 19.2 Å². The molecular formula is C32H42N4O5S. The SMILES string of the molecule is C=CCN(C(=O)Cc1ccc(S(=O)(=O)NC)cc1)C1CCN(C[C@H]2CN(C(=O)C3CC3)C[C@]2(O)c2ccccc2)CC1. The van der Waals surface area contributed by atoms with Crippen LogP contribution in [0.4, 0.5) is 0 Å². The highest BCUT2D eigenvalue weighted by Gasteiger charge is 2.50. The first-order valence-corrected chi connectivity index (χ1v) is 16.3. The molecule has 2 atom stereocenters. The zero-order valence-electron chi connectivity index (χ0n) is 24.3. The van der Waals surface area contributed by atoms with Crippen molar-refractivity contribution >= 4 is 21.8 Å². The second-order valence-corrected chi connectivity index (χ2v) is 13.8. The molecule has 0 bridgehead atoms. The van der Waals surface area contributed by atoms with Crippen LogP contribution in [-0.2, 0) is 31.6 Å². The van der Waals surface area contributed by atoms with E-state index in [0.717, 1.165) is 49.9 Å². The fraction of sp³-hybridized carbons (Fsp3) is 0.500. The molecule has 1 aliphatic carbocycles. The smallest absolute Gasteiger partial charge is 0.240 e.